The number of nitrogens with one attached hydrogen (secondary N) is 1. The highest BCUT2D eigenvalue weighted by atomic mass is 32.1. The van der Waals surface area contributed by atoms with Crippen LogP contribution in [0.3, 0.4) is 0 Å². The quantitative estimate of drug-likeness (QED) is 0.565. The van der Waals surface area contributed by atoms with Crippen molar-refractivity contribution in [3.63, 3.8) is 0 Å². The van der Waals surface area contributed by atoms with Crippen molar-refractivity contribution in [3.8, 4) is 16.2 Å². The molecular formula is C18H14N2O2S. The number of carbonyl (C=O) groups excluding carboxylic acids is 1. The second-order valence-corrected chi connectivity index (χ2v) is 5.93. The van der Waals surface area contributed by atoms with E-state index in [1.807, 2.05) is 30.3 Å². The maximum Gasteiger partial charge on any atom is 0.271 e. The Morgan fingerprint density at radius 3 is 2.65 bits per heavy atom. The van der Waals surface area contributed by atoms with Crippen molar-refractivity contribution in [1.29, 1.82) is 0 Å². The normalized spacial score (nSPS) is 10.8. The average Bonchev–Trinajstić information content (AvgIpc) is 3.04. The summed E-state index contributed by atoms with van der Waals surface area (Å²) in [6, 6.07) is 20.2. The zero-order chi connectivity index (χ0) is 16.1. The molecule has 0 radical (unpaired) electrons. The van der Waals surface area contributed by atoms with Crippen molar-refractivity contribution >= 4 is 23.5 Å². The smallest absolute Gasteiger partial charge is 0.271 e. The molecule has 5 heteroatoms. The Hall–Kier alpha value is -2.92. The van der Waals surface area contributed by atoms with Crippen LogP contribution in [-0.4, -0.2) is 17.2 Å². The minimum Gasteiger partial charge on any atom is -0.508 e. The molecule has 0 saturated carbocycles. The molecule has 1 amide bonds. The fourth-order valence-corrected chi connectivity index (χ4v) is 2.93. The lowest BCUT2D eigenvalue weighted by Crippen LogP contribution is -2.17. The summed E-state index contributed by atoms with van der Waals surface area (Å²) in [6.07, 6.45) is 1.61. The van der Waals surface area contributed by atoms with Crippen LogP contribution in [-0.2, 0) is 0 Å². The number of amides is 1. The minimum absolute atomic E-state index is 0.0485. The van der Waals surface area contributed by atoms with Crippen molar-refractivity contribution in [1.82, 2.24) is 5.43 Å². The lowest BCUT2D eigenvalue weighted by molar-refractivity contribution is 0.0954. The first-order valence-corrected chi connectivity index (χ1v) is 7.82. The largest absolute Gasteiger partial charge is 0.508 e. The molecule has 0 aliphatic heterocycles. The van der Waals surface area contributed by atoms with E-state index in [1.165, 1.54) is 12.1 Å². The Labute approximate surface area is 137 Å². The molecule has 2 N–H and O–H groups in total. The van der Waals surface area contributed by atoms with Crippen molar-refractivity contribution < 1.29 is 9.90 Å². The Bertz CT molecular complexity index is 841. The first kappa shape index (κ1) is 15.0. The number of aromatic hydroxyl groups is 1. The fourth-order valence-electron chi connectivity index (χ4n) is 2.05. The van der Waals surface area contributed by atoms with Crippen LogP contribution in [0, 0.1) is 0 Å². The van der Waals surface area contributed by atoms with E-state index in [0.717, 1.165) is 15.3 Å². The molecule has 0 spiro atoms. The molecule has 0 saturated heterocycles. The molecule has 0 atom stereocenters. The average molecular weight is 322 g/mol. The molecule has 0 aliphatic carbocycles. The van der Waals surface area contributed by atoms with Gasteiger partial charge in [0.15, 0.2) is 0 Å². The number of benzene rings is 2. The fraction of sp³-hybridized carbons (Fsp3) is 0. The van der Waals surface area contributed by atoms with Crippen LogP contribution >= 0.6 is 11.3 Å². The van der Waals surface area contributed by atoms with Crippen LogP contribution in [0.4, 0.5) is 0 Å². The third kappa shape index (κ3) is 3.84. The zero-order valence-corrected chi connectivity index (χ0v) is 13.0. The molecule has 0 aliphatic rings. The molecule has 114 valence electrons. The maximum absolute atomic E-state index is 11.9. The third-order valence-electron chi connectivity index (χ3n) is 3.15. The number of phenols is 1. The van der Waals surface area contributed by atoms with E-state index in [4.69, 9.17) is 0 Å². The number of phenolic OH excluding ortho intramolecular Hbond substituents is 1. The molecule has 4 nitrogen and oxygen atoms in total. The number of nitrogens with zero attached hydrogens (tertiary/aromatic N) is 1. The van der Waals surface area contributed by atoms with E-state index < -0.39 is 0 Å². The van der Waals surface area contributed by atoms with Gasteiger partial charge in [0.05, 0.1) is 6.21 Å². The molecule has 0 bridgehead atoms. The van der Waals surface area contributed by atoms with Gasteiger partial charge in [0.1, 0.15) is 5.75 Å². The molecule has 3 aromatic rings. The van der Waals surface area contributed by atoms with Crippen LogP contribution in [0.1, 0.15) is 15.2 Å². The van der Waals surface area contributed by atoms with Gasteiger partial charge in [0.2, 0.25) is 0 Å². The van der Waals surface area contributed by atoms with Gasteiger partial charge in [-0.25, -0.2) is 5.43 Å². The van der Waals surface area contributed by atoms with Gasteiger partial charge in [-0.1, -0.05) is 36.4 Å². The van der Waals surface area contributed by atoms with Crippen LogP contribution in [0.15, 0.2) is 71.8 Å². The first-order chi connectivity index (χ1) is 11.2. The predicted molar refractivity (Wildman–Crippen MR) is 92.9 cm³/mol. The van der Waals surface area contributed by atoms with Gasteiger partial charge in [-0.15, -0.1) is 11.3 Å². The first-order valence-electron chi connectivity index (χ1n) is 7.00. The molecular weight excluding hydrogens is 308 g/mol. The highest BCUT2D eigenvalue weighted by Gasteiger charge is 2.04. The number of carbonyl (C=O) groups is 1. The Kier molecular flexibility index (Phi) is 4.49. The second kappa shape index (κ2) is 6.89. The molecule has 0 unspecified atom stereocenters. The monoisotopic (exact) mass is 322 g/mol. The van der Waals surface area contributed by atoms with E-state index in [-0.39, 0.29) is 11.7 Å². The van der Waals surface area contributed by atoms with E-state index in [0.29, 0.717) is 5.56 Å². The van der Waals surface area contributed by atoms with Gasteiger partial charge in [0.25, 0.3) is 5.91 Å². The third-order valence-corrected chi connectivity index (χ3v) is 4.22. The van der Waals surface area contributed by atoms with E-state index in [1.54, 1.807) is 29.7 Å². The van der Waals surface area contributed by atoms with Crippen molar-refractivity contribution in [2.24, 2.45) is 5.10 Å². The van der Waals surface area contributed by atoms with Crippen LogP contribution in [0.5, 0.6) is 5.75 Å². The number of hydrazone groups is 1. The lowest BCUT2D eigenvalue weighted by atomic mass is 10.2. The number of rotatable bonds is 4. The summed E-state index contributed by atoms with van der Waals surface area (Å²) in [5, 5.41) is 13.3. The van der Waals surface area contributed by atoms with Crippen LogP contribution < -0.4 is 5.43 Å². The van der Waals surface area contributed by atoms with Crippen LogP contribution in [0.2, 0.25) is 0 Å². The summed E-state index contributed by atoms with van der Waals surface area (Å²) in [6.45, 7) is 0. The SMILES string of the molecule is O=C(N/N=C\c1ccc(-c2ccccc2)s1)c1cccc(O)c1. The van der Waals surface area contributed by atoms with Crippen molar-refractivity contribution in [2.75, 3.05) is 0 Å². The summed E-state index contributed by atoms with van der Waals surface area (Å²) >= 11 is 1.60. The van der Waals surface area contributed by atoms with Crippen molar-refractivity contribution in [2.45, 2.75) is 0 Å². The molecule has 1 aromatic heterocycles. The zero-order valence-electron chi connectivity index (χ0n) is 12.1. The standard InChI is InChI=1S/C18H14N2O2S/c21-15-8-4-7-14(11-15)18(22)20-19-12-16-9-10-17(23-16)13-5-2-1-3-6-13/h1-12,21H,(H,20,22)/b19-12-. The van der Waals surface area contributed by atoms with Gasteiger partial charge >= 0.3 is 0 Å². The molecule has 3 rings (SSSR count). The van der Waals surface area contributed by atoms with Gasteiger partial charge in [-0.2, -0.15) is 5.10 Å². The Balaban J connectivity index is 1.65. The molecule has 2 aromatic carbocycles. The summed E-state index contributed by atoms with van der Waals surface area (Å²) in [5.74, 6) is -0.315. The van der Waals surface area contributed by atoms with E-state index >= 15 is 0 Å². The predicted octanol–water partition coefficient (Wildman–Crippen LogP) is 3.88. The number of thiophene rings is 1. The Morgan fingerprint density at radius 2 is 1.87 bits per heavy atom. The van der Waals surface area contributed by atoms with Gasteiger partial charge in [0, 0.05) is 15.3 Å². The summed E-state index contributed by atoms with van der Waals surface area (Å²) in [4.78, 5) is 14.0. The Morgan fingerprint density at radius 1 is 1.04 bits per heavy atom. The van der Waals surface area contributed by atoms with Crippen LogP contribution in [0.25, 0.3) is 10.4 Å². The molecule has 1 heterocycles. The number of hydrogen-bond donors (Lipinski definition) is 2. The van der Waals surface area contributed by atoms with Gasteiger partial charge in [-0.05, 0) is 35.9 Å². The summed E-state index contributed by atoms with van der Waals surface area (Å²) in [5.41, 5.74) is 3.96. The molecule has 0 fully saturated rings. The van der Waals surface area contributed by atoms with Gasteiger partial charge in [-0.3, -0.25) is 4.79 Å². The highest BCUT2D eigenvalue weighted by molar-refractivity contribution is 7.17. The summed E-state index contributed by atoms with van der Waals surface area (Å²) < 4.78 is 0. The van der Waals surface area contributed by atoms with E-state index in [9.17, 15) is 9.90 Å². The lowest BCUT2D eigenvalue weighted by Gasteiger charge is -1.99. The van der Waals surface area contributed by atoms with Crippen molar-refractivity contribution in [3.05, 3.63) is 77.2 Å². The minimum atomic E-state index is -0.364. The maximum atomic E-state index is 11.9. The second-order valence-electron chi connectivity index (χ2n) is 4.82. The van der Waals surface area contributed by atoms with Gasteiger partial charge < -0.3 is 5.11 Å². The number of hydrogen-bond acceptors (Lipinski definition) is 4. The molecule has 23 heavy (non-hydrogen) atoms. The van der Waals surface area contributed by atoms with E-state index in [2.05, 4.69) is 22.7 Å². The summed E-state index contributed by atoms with van der Waals surface area (Å²) in [7, 11) is 0. The topological polar surface area (TPSA) is 61.7 Å². The highest BCUT2D eigenvalue weighted by Crippen LogP contribution is 2.26.